The Kier molecular flexibility index (Phi) is 9.91. The van der Waals surface area contributed by atoms with E-state index in [9.17, 15) is 4.79 Å². The molecular formula is C18H34N2O2S2. The summed E-state index contributed by atoms with van der Waals surface area (Å²) in [6.45, 7) is 8.92. The van der Waals surface area contributed by atoms with Crippen LogP contribution in [0.3, 0.4) is 0 Å². The minimum absolute atomic E-state index is 0.227. The first-order chi connectivity index (χ1) is 11.6. The van der Waals surface area contributed by atoms with Gasteiger partial charge < -0.3 is 10.1 Å². The van der Waals surface area contributed by atoms with Gasteiger partial charge in [0.1, 0.15) is 0 Å². The van der Waals surface area contributed by atoms with Gasteiger partial charge in [-0.05, 0) is 31.6 Å². The number of carbonyl (C=O) groups is 1. The van der Waals surface area contributed by atoms with Gasteiger partial charge in [0, 0.05) is 43.1 Å². The van der Waals surface area contributed by atoms with Crippen molar-refractivity contribution >= 4 is 27.5 Å². The minimum atomic E-state index is 0.227. The number of hydrogen-bond acceptors (Lipinski definition) is 5. The van der Waals surface area contributed by atoms with Crippen LogP contribution in [-0.2, 0) is 9.53 Å². The highest BCUT2D eigenvalue weighted by atomic mass is 33.1. The van der Waals surface area contributed by atoms with E-state index in [0.29, 0.717) is 18.4 Å². The number of carbonyl (C=O) groups excluding carboxylic acids is 1. The number of amides is 1. The minimum Gasteiger partial charge on any atom is -0.379 e. The molecule has 6 heteroatoms. The first kappa shape index (κ1) is 20.4. The van der Waals surface area contributed by atoms with Crippen LogP contribution in [0.2, 0.25) is 0 Å². The Morgan fingerprint density at radius 2 is 2.08 bits per heavy atom. The van der Waals surface area contributed by atoms with Gasteiger partial charge in [-0.25, -0.2) is 0 Å². The van der Waals surface area contributed by atoms with Gasteiger partial charge in [0.25, 0.3) is 0 Å². The molecule has 1 N–H and O–H groups in total. The van der Waals surface area contributed by atoms with E-state index in [0.717, 1.165) is 50.9 Å². The maximum atomic E-state index is 12.1. The third-order valence-corrected chi connectivity index (χ3v) is 7.75. The summed E-state index contributed by atoms with van der Waals surface area (Å²) < 4.78 is 5.46. The van der Waals surface area contributed by atoms with Crippen LogP contribution in [0.1, 0.15) is 52.4 Å². The van der Waals surface area contributed by atoms with Crippen LogP contribution in [0, 0.1) is 5.92 Å². The monoisotopic (exact) mass is 374 g/mol. The SMILES string of the molecule is CC(C)CC(CNC(=O)CCCCC1CCSS1)N1CCOCC1. The summed E-state index contributed by atoms with van der Waals surface area (Å²) in [5.41, 5.74) is 0. The van der Waals surface area contributed by atoms with E-state index in [2.05, 4.69) is 24.1 Å². The molecule has 0 aliphatic carbocycles. The second kappa shape index (κ2) is 11.7. The Bertz CT molecular complexity index is 357. The molecule has 140 valence electrons. The maximum absolute atomic E-state index is 12.1. The van der Waals surface area contributed by atoms with E-state index in [4.69, 9.17) is 4.74 Å². The van der Waals surface area contributed by atoms with Gasteiger partial charge in [-0.2, -0.15) is 0 Å². The van der Waals surface area contributed by atoms with Gasteiger partial charge >= 0.3 is 0 Å². The Balaban J connectivity index is 1.61. The maximum Gasteiger partial charge on any atom is 0.220 e. The largest absolute Gasteiger partial charge is 0.379 e. The molecule has 0 aromatic heterocycles. The lowest BCUT2D eigenvalue weighted by atomic mass is 10.0. The van der Waals surface area contributed by atoms with Crippen molar-refractivity contribution in [3.8, 4) is 0 Å². The van der Waals surface area contributed by atoms with Gasteiger partial charge in [-0.1, -0.05) is 41.9 Å². The molecule has 0 bridgehead atoms. The van der Waals surface area contributed by atoms with E-state index < -0.39 is 0 Å². The third-order valence-electron chi connectivity index (χ3n) is 4.75. The van der Waals surface area contributed by atoms with Crippen LogP contribution in [0.15, 0.2) is 0 Å². The van der Waals surface area contributed by atoms with Crippen LogP contribution in [0.5, 0.6) is 0 Å². The van der Waals surface area contributed by atoms with Crippen LogP contribution in [0.25, 0.3) is 0 Å². The lowest BCUT2D eigenvalue weighted by molar-refractivity contribution is -0.121. The second-order valence-corrected chi connectivity index (χ2v) is 10.1. The van der Waals surface area contributed by atoms with Gasteiger partial charge in [0.2, 0.25) is 5.91 Å². The molecule has 2 saturated heterocycles. The summed E-state index contributed by atoms with van der Waals surface area (Å²) in [6, 6.07) is 0.449. The average molecular weight is 375 g/mol. The fourth-order valence-electron chi connectivity index (χ4n) is 3.39. The molecule has 1 amide bonds. The second-order valence-electron chi connectivity index (χ2n) is 7.31. The molecule has 0 aromatic carbocycles. The number of unbranched alkanes of at least 4 members (excludes halogenated alkanes) is 1. The number of nitrogens with one attached hydrogen (secondary N) is 1. The normalized spacial score (nSPS) is 23.5. The van der Waals surface area contributed by atoms with Gasteiger partial charge in [-0.15, -0.1) is 0 Å². The molecule has 0 radical (unpaired) electrons. The number of rotatable bonds is 10. The predicted octanol–water partition coefficient (Wildman–Crippen LogP) is 3.56. The molecule has 2 fully saturated rings. The smallest absolute Gasteiger partial charge is 0.220 e. The van der Waals surface area contributed by atoms with Crippen molar-refractivity contribution in [1.29, 1.82) is 0 Å². The van der Waals surface area contributed by atoms with Gasteiger partial charge in [0.05, 0.1) is 13.2 Å². The van der Waals surface area contributed by atoms with E-state index in [1.165, 1.54) is 25.0 Å². The van der Waals surface area contributed by atoms with Crippen molar-refractivity contribution in [1.82, 2.24) is 10.2 Å². The molecule has 2 unspecified atom stereocenters. The molecule has 2 rings (SSSR count). The first-order valence-electron chi connectivity index (χ1n) is 9.52. The van der Waals surface area contributed by atoms with Crippen LogP contribution in [0.4, 0.5) is 0 Å². The summed E-state index contributed by atoms with van der Waals surface area (Å²) in [5, 5.41) is 4.01. The molecule has 2 heterocycles. The third kappa shape index (κ3) is 7.98. The van der Waals surface area contributed by atoms with Crippen LogP contribution < -0.4 is 5.32 Å². The summed E-state index contributed by atoms with van der Waals surface area (Å²) in [4.78, 5) is 14.6. The standard InChI is InChI=1S/C18H34N2O2S2/c1-15(2)13-16(20-8-10-22-11-9-20)14-19-18(21)6-4-3-5-17-7-12-23-24-17/h15-17H,3-14H2,1-2H3,(H,19,21). The fraction of sp³-hybridized carbons (Fsp3) is 0.944. The van der Waals surface area contributed by atoms with E-state index in [1.807, 2.05) is 21.6 Å². The number of ether oxygens (including phenoxy) is 1. The zero-order valence-electron chi connectivity index (χ0n) is 15.3. The average Bonchev–Trinajstić information content (AvgIpc) is 3.09. The van der Waals surface area contributed by atoms with Crippen molar-refractivity contribution < 1.29 is 9.53 Å². The molecule has 2 atom stereocenters. The van der Waals surface area contributed by atoms with E-state index in [-0.39, 0.29) is 5.91 Å². The topological polar surface area (TPSA) is 41.6 Å². The zero-order chi connectivity index (χ0) is 17.2. The molecular weight excluding hydrogens is 340 g/mol. The van der Waals surface area contributed by atoms with Crippen molar-refractivity contribution in [2.45, 2.75) is 63.7 Å². The molecule has 2 aliphatic heterocycles. The lowest BCUT2D eigenvalue weighted by Crippen LogP contribution is -2.49. The van der Waals surface area contributed by atoms with Crippen LogP contribution in [-0.4, -0.2) is 60.7 Å². The van der Waals surface area contributed by atoms with Gasteiger partial charge in [0.15, 0.2) is 0 Å². The van der Waals surface area contributed by atoms with E-state index in [1.54, 1.807) is 0 Å². The number of hydrogen-bond donors (Lipinski definition) is 1. The fourth-order valence-corrected chi connectivity index (χ4v) is 6.42. The molecule has 24 heavy (non-hydrogen) atoms. The molecule has 0 spiro atoms. The Hall–Kier alpha value is 0.0900. The molecule has 0 aromatic rings. The first-order valence-corrected chi connectivity index (χ1v) is 11.9. The number of nitrogens with zero attached hydrogens (tertiary/aromatic N) is 1. The quantitative estimate of drug-likeness (QED) is 0.468. The summed E-state index contributed by atoms with van der Waals surface area (Å²) >= 11 is 0. The highest BCUT2D eigenvalue weighted by Gasteiger charge is 2.22. The molecule has 0 saturated carbocycles. The Labute approximate surface area is 155 Å². The highest BCUT2D eigenvalue weighted by molar-refractivity contribution is 8.77. The Morgan fingerprint density at radius 1 is 1.29 bits per heavy atom. The van der Waals surface area contributed by atoms with Crippen molar-refractivity contribution in [3.63, 3.8) is 0 Å². The van der Waals surface area contributed by atoms with Crippen molar-refractivity contribution in [2.24, 2.45) is 5.92 Å². The van der Waals surface area contributed by atoms with Crippen molar-refractivity contribution in [2.75, 3.05) is 38.6 Å². The summed E-state index contributed by atoms with van der Waals surface area (Å²) in [5.74, 6) is 2.18. The van der Waals surface area contributed by atoms with Crippen molar-refractivity contribution in [3.05, 3.63) is 0 Å². The van der Waals surface area contributed by atoms with E-state index >= 15 is 0 Å². The zero-order valence-corrected chi connectivity index (χ0v) is 16.9. The van der Waals surface area contributed by atoms with Crippen LogP contribution >= 0.6 is 21.6 Å². The summed E-state index contributed by atoms with van der Waals surface area (Å²) in [6.07, 6.45) is 6.65. The Morgan fingerprint density at radius 3 is 2.75 bits per heavy atom. The molecule has 4 nitrogen and oxygen atoms in total. The van der Waals surface area contributed by atoms with Gasteiger partial charge in [-0.3, -0.25) is 9.69 Å². The number of morpholine rings is 1. The molecule has 2 aliphatic rings. The summed E-state index contributed by atoms with van der Waals surface area (Å²) in [7, 11) is 4.04. The predicted molar refractivity (Wildman–Crippen MR) is 106 cm³/mol. The highest BCUT2D eigenvalue weighted by Crippen LogP contribution is 2.39. The lowest BCUT2D eigenvalue weighted by Gasteiger charge is -2.35.